The third-order valence-corrected chi connectivity index (χ3v) is 4.29. The number of aliphatic hydroxyl groups is 2. The first kappa shape index (κ1) is 26.7. The zero-order valence-electron chi connectivity index (χ0n) is 17.5. The molecule has 176 valence electrons. The summed E-state index contributed by atoms with van der Waals surface area (Å²) in [5.41, 5.74) is 0.643. The van der Waals surface area contributed by atoms with Crippen molar-refractivity contribution < 1.29 is 39.5 Å². The van der Waals surface area contributed by atoms with E-state index in [-0.39, 0.29) is 31.4 Å². The number of anilines is 1. The summed E-state index contributed by atoms with van der Waals surface area (Å²) in [6, 6.07) is 6.04. The molecule has 0 aliphatic carbocycles. The number of amides is 3. The Hall–Kier alpha value is -3.33. The lowest BCUT2D eigenvalue weighted by molar-refractivity contribution is -0.151. The van der Waals surface area contributed by atoms with Crippen molar-refractivity contribution in [2.75, 3.05) is 25.0 Å². The molecular formula is C21H29N3O8. The Morgan fingerprint density at radius 3 is 2.38 bits per heavy atom. The second kappa shape index (κ2) is 14.6. The number of urea groups is 1. The number of benzene rings is 1. The van der Waals surface area contributed by atoms with Crippen LogP contribution in [0.25, 0.3) is 0 Å². The van der Waals surface area contributed by atoms with Crippen LogP contribution >= 0.6 is 0 Å². The monoisotopic (exact) mass is 451 g/mol. The van der Waals surface area contributed by atoms with Crippen molar-refractivity contribution >= 4 is 23.6 Å². The Labute approximate surface area is 185 Å². The number of hydrogen-bond donors (Lipinski definition) is 7. The van der Waals surface area contributed by atoms with Gasteiger partial charge in [-0.15, -0.1) is 12.3 Å². The summed E-state index contributed by atoms with van der Waals surface area (Å²) in [6.07, 6.45) is 5.52. The van der Waals surface area contributed by atoms with Crippen molar-refractivity contribution in [1.82, 2.24) is 10.6 Å². The van der Waals surface area contributed by atoms with Crippen molar-refractivity contribution in [3.8, 4) is 18.1 Å². The number of ether oxygens (including phenoxy) is 1. The van der Waals surface area contributed by atoms with E-state index >= 15 is 0 Å². The fourth-order valence-electron chi connectivity index (χ4n) is 2.54. The quantitative estimate of drug-likeness (QED) is 0.131. The summed E-state index contributed by atoms with van der Waals surface area (Å²) >= 11 is 0. The molecule has 0 saturated carbocycles. The van der Waals surface area contributed by atoms with E-state index in [9.17, 15) is 19.5 Å². The van der Waals surface area contributed by atoms with Gasteiger partial charge in [0.1, 0.15) is 11.9 Å². The van der Waals surface area contributed by atoms with Crippen molar-refractivity contribution in [3.05, 3.63) is 24.3 Å². The van der Waals surface area contributed by atoms with Gasteiger partial charge < -0.3 is 41.1 Å². The zero-order chi connectivity index (χ0) is 23.9. The molecule has 1 aromatic carbocycles. The molecule has 1 fully saturated rings. The lowest BCUT2D eigenvalue weighted by Crippen LogP contribution is -2.46. The molecule has 32 heavy (non-hydrogen) atoms. The Bertz CT molecular complexity index is 778. The highest BCUT2D eigenvalue weighted by Gasteiger charge is 2.28. The van der Waals surface area contributed by atoms with E-state index in [4.69, 9.17) is 26.5 Å². The summed E-state index contributed by atoms with van der Waals surface area (Å²) in [4.78, 5) is 32.2. The number of hydrogen-bond acceptors (Lipinski definition) is 7. The molecule has 0 aromatic heterocycles. The lowest BCUT2D eigenvalue weighted by Gasteiger charge is -2.30. The number of aromatic hydroxyl groups is 1. The van der Waals surface area contributed by atoms with Gasteiger partial charge in [-0.3, -0.25) is 4.79 Å². The van der Waals surface area contributed by atoms with E-state index in [2.05, 4.69) is 21.9 Å². The van der Waals surface area contributed by atoms with Gasteiger partial charge in [-0.2, -0.15) is 0 Å². The van der Waals surface area contributed by atoms with Crippen LogP contribution in [0.1, 0.15) is 25.7 Å². The Balaban J connectivity index is 0.000000323. The van der Waals surface area contributed by atoms with Gasteiger partial charge in [0.15, 0.2) is 0 Å². The molecular weight excluding hydrogens is 422 g/mol. The van der Waals surface area contributed by atoms with E-state index in [1.54, 1.807) is 12.1 Å². The predicted molar refractivity (Wildman–Crippen MR) is 115 cm³/mol. The minimum atomic E-state index is -1.56. The summed E-state index contributed by atoms with van der Waals surface area (Å²) in [7, 11) is 0. The van der Waals surface area contributed by atoms with E-state index in [1.807, 2.05) is 0 Å². The molecule has 1 saturated heterocycles. The van der Waals surface area contributed by atoms with E-state index < -0.39 is 30.2 Å². The molecule has 1 aromatic rings. The smallest absolute Gasteiger partial charge is 0.394 e. The van der Waals surface area contributed by atoms with Crippen LogP contribution in [0.15, 0.2) is 24.3 Å². The SMILES string of the molecule is C#CCCCCNC(=O)Nc1ccc(O)cc1.O=C(O)C(=O)NCC1CC(O)C(O)CO1. The number of unbranched alkanes of at least 4 members (excludes halogenated alkanes) is 2. The Morgan fingerprint density at radius 2 is 1.78 bits per heavy atom. The number of carboxylic acids is 1. The van der Waals surface area contributed by atoms with Crippen molar-refractivity contribution in [2.24, 2.45) is 0 Å². The van der Waals surface area contributed by atoms with E-state index in [1.165, 1.54) is 12.1 Å². The lowest BCUT2D eigenvalue weighted by atomic mass is 10.0. The van der Waals surface area contributed by atoms with Crippen molar-refractivity contribution in [3.63, 3.8) is 0 Å². The number of rotatable bonds is 7. The topological polar surface area (TPSA) is 177 Å². The molecule has 11 nitrogen and oxygen atoms in total. The standard InChI is InChI=1S/C13H16N2O2.C8H13NO6/c1-2-3-4-5-10-14-13(17)15-11-6-8-12(16)9-7-11;10-5-1-4(15-3-6(5)11)2-9-7(12)8(13)14/h1,6-9,16H,3-5,10H2,(H2,14,15,17);4-6,10-11H,1-3H2,(H,9,12)(H,13,14). The number of aliphatic hydroxyl groups excluding tert-OH is 2. The molecule has 1 heterocycles. The number of terminal acetylenes is 1. The number of phenolic OH excluding ortho intramolecular Hbond substituents is 1. The van der Waals surface area contributed by atoms with Crippen LogP contribution in [0.3, 0.4) is 0 Å². The normalized spacial score (nSPS) is 19.5. The summed E-state index contributed by atoms with van der Waals surface area (Å²) < 4.78 is 5.07. The van der Waals surface area contributed by atoms with Gasteiger partial charge >= 0.3 is 17.9 Å². The minimum Gasteiger partial charge on any atom is -0.508 e. The summed E-state index contributed by atoms with van der Waals surface area (Å²) in [6.45, 7) is 0.593. The molecule has 1 aliphatic rings. The van der Waals surface area contributed by atoms with Crippen LogP contribution in [-0.2, 0) is 14.3 Å². The average molecular weight is 451 g/mol. The van der Waals surface area contributed by atoms with E-state index in [0.29, 0.717) is 12.2 Å². The van der Waals surface area contributed by atoms with Crippen molar-refractivity contribution in [2.45, 2.75) is 44.0 Å². The van der Waals surface area contributed by atoms with Crippen LogP contribution in [0.4, 0.5) is 10.5 Å². The Morgan fingerprint density at radius 1 is 1.09 bits per heavy atom. The fourth-order valence-corrected chi connectivity index (χ4v) is 2.54. The molecule has 3 atom stereocenters. The maximum atomic E-state index is 11.4. The molecule has 0 spiro atoms. The number of nitrogens with one attached hydrogen (secondary N) is 3. The van der Waals surface area contributed by atoms with Crippen LogP contribution in [0.5, 0.6) is 5.75 Å². The van der Waals surface area contributed by atoms with Crippen LogP contribution in [-0.4, -0.2) is 76.3 Å². The number of carbonyl (C=O) groups excluding carboxylic acids is 2. The number of phenols is 1. The second-order valence-corrected chi connectivity index (χ2v) is 6.93. The number of aliphatic carboxylic acids is 1. The molecule has 0 bridgehead atoms. The molecule has 3 amide bonds. The third-order valence-electron chi connectivity index (χ3n) is 4.29. The highest BCUT2D eigenvalue weighted by atomic mass is 16.5. The van der Waals surface area contributed by atoms with Gasteiger partial charge in [0.05, 0.1) is 18.8 Å². The molecule has 11 heteroatoms. The highest BCUT2D eigenvalue weighted by molar-refractivity contribution is 6.31. The summed E-state index contributed by atoms with van der Waals surface area (Å²) in [5, 5.41) is 43.2. The van der Waals surface area contributed by atoms with Gasteiger partial charge in [0.25, 0.3) is 0 Å². The molecule has 0 radical (unpaired) electrons. The second-order valence-electron chi connectivity index (χ2n) is 6.93. The van der Waals surface area contributed by atoms with Gasteiger partial charge in [-0.25, -0.2) is 9.59 Å². The van der Waals surface area contributed by atoms with Crippen LogP contribution in [0, 0.1) is 12.3 Å². The molecule has 1 aliphatic heterocycles. The largest absolute Gasteiger partial charge is 0.508 e. The maximum absolute atomic E-state index is 11.4. The first-order valence-electron chi connectivity index (χ1n) is 9.99. The first-order chi connectivity index (χ1) is 15.2. The third kappa shape index (κ3) is 11.2. The molecule has 3 unspecified atom stereocenters. The van der Waals surface area contributed by atoms with Crippen LogP contribution < -0.4 is 16.0 Å². The van der Waals surface area contributed by atoms with Gasteiger partial charge in [0, 0.05) is 31.6 Å². The zero-order valence-corrected chi connectivity index (χ0v) is 17.5. The van der Waals surface area contributed by atoms with Crippen molar-refractivity contribution in [1.29, 1.82) is 0 Å². The minimum absolute atomic E-state index is 0.00884. The predicted octanol–water partition coefficient (Wildman–Crippen LogP) is 0.0151. The highest BCUT2D eigenvalue weighted by Crippen LogP contribution is 2.14. The van der Waals surface area contributed by atoms with Gasteiger partial charge in [-0.1, -0.05) is 0 Å². The number of carboxylic acid groups (broad SMARTS) is 1. The van der Waals surface area contributed by atoms with Crippen LogP contribution in [0.2, 0.25) is 0 Å². The Kier molecular flexibility index (Phi) is 12.2. The van der Waals surface area contributed by atoms with Gasteiger partial charge in [-0.05, 0) is 37.1 Å². The first-order valence-corrected chi connectivity index (χ1v) is 9.99. The fraction of sp³-hybridized carbons (Fsp3) is 0.476. The maximum Gasteiger partial charge on any atom is 0.394 e. The molecule has 2 rings (SSSR count). The average Bonchev–Trinajstić information content (AvgIpc) is 2.76. The number of carbonyl (C=O) groups is 3. The van der Waals surface area contributed by atoms with Gasteiger partial charge in [0.2, 0.25) is 0 Å². The summed E-state index contributed by atoms with van der Waals surface area (Å²) in [5.74, 6) is 0.0451. The molecule has 7 N–H and O–H groups in total. The van der Waals surface area contributed by atoms with E-state index in [0.717, 1.165) is 19.3 Å².